The van der Waals surface area contributed by atoms with Crippen LogP contribution >= 0.6 is 22.7 Å². The predicted molar refractivity (Wildman–Crippen MR) is 120 cm³/mol. The van der Waals surface area contributed by atoms with E-state index in [0.29, 0.717) is 22.9 Å². The minimum Gasteiger partial charge on any atom is -0.376 e. The normalized spacial score (nSPS) is 18.0. The Morgan fingerprint density at radius 3 is 2.90 bits per heavy atom. The summed E-state index contributed by atoms with van der Waals surface area (Å²) in [5, 5.41) is 12.4. The molecule has 0 radical (unpaired) electrons. The molecule has 5 rings (SSSR count). The standard InChI is InChI=1S/C22H23N3O4S2/c26-20(15-11-16(29-25-15)18-8-4-10-30-18)24-22-19(14-6-1-2-7-17(14)31-22)21(27)23-12-13-5-3-9-28-13/h4,8,10-11,13H,1-3,5-7,9,12H2,(H,23,27)(H,24,26)/t13-/m0/s1. The number of ether oxygens (including phenoxy) is 1. The lowest BCUT2D eigenvalue weighted by Gasteiger charge is -2.15. The first-order chi connectivity index (χ1) is 15.2. The predicted octanol–water partition coefficient (Wildman–Crippen LogP) is 4.50. The summed E-state index contributed by atoms with van der Waals surface area (Å²) in [5.74, 6) is 0.0307. The third-order valence-corrected chi connectivity index (χ3v) is 7.74. The Bertz CT molecular complexity index is 1080. The molecule has 0 spiro atoms. The van der Waals surface area contributed by atoms with Crippen LogP contribution in [0.1, 0.15) is 57.0 Å². The van der Waals surface area contributed by atoms with Crippen LogP contribution in [-0.2, 0) is 17.6 Å². The maximum atomic E-state index is 13.1. The van der Waals surface area contributed by atoms with Gasteiger partial charge in [-0.2, -0.15) is 0 Å². The number of nitrogens with zero attached hydrogens (tertiary/aromatic N) is 1. The lowest BCUT2D eigenvalue weighted by Crippen LogP contribution is -2.32. The molecule has 3 aromatic heterocycles. The molecule has 2 amide bonds. The van der Waals surface area contributed by atoms with Crippen molar-refractivity contribution >= 4 is 39.5 Å². The smallest absolute Gasteiger partial charge is 0.278 e. The Labute approximate surface area is 187 Å². The summed E-state index contributed by atoms with van der Waals surface area (Å²) >= 11 is 3.01. The van der Waals surface area contributed by atoms with Crippen LogP contribution in [0.3, 0.4) is 0 Å². The Morgan fingerprint density at radius 1 is 1.19 bits per heavy atom. The summed E-state index contributed by atoms with van der Waals surface area (Å²) in [6.07, 6.45) is 6.01. The van der Waals surface area contributed by atoms with Gasteiger partial charge in [-0.1, -0.05) is 11.2 Å². The minimum atomic E-state index is -0.377. The third kappa shape index (κ3) is 4.30. The summed E-state index contributed by atoms with van der Waals surface area (Å²) in [6, 6.07) is 5.46. The fraction of sp³-hybridized carbons (Fsp3) is 0.409. The van der Waals surface area contributed by atoms with Crippen molar-refractivity contribution in [2.45, 2.75) is 44.6 Å². The second-order valence-corrected chi connectivity index (χ2v) is 9.82. The Kier molecular flexibility index (Phi) is 5.89. The molecule has 0 bridgehead atoms. The van der Waals surface area contributed by atoms with Gasteiger partial charge in [0.05, 0.1) is 16.5 Å². The molecule has 162 valence electrons. The molecule has 3 aromatic rings. The van der Waals surface area contributed by atoms with Gasteiger partial charge in [0.1, 0.15) is 5.00 Å². The Morgan fingerprint density at radius 2 is 2.10 bits per heavy atom. The summed E-state index contributed by atoms with van der Waals surface area (Å²) in [7, 11) is 0. The van der Waals surface area contributed by atoms with E-state index in [-0.39, 0.29) is 23.6 Å². The number of hydrogen-bond donors (Lipinski definition) is 2. The van der Waals surface area contributed by atoms with Gasteiger partial charge >= 0.3 is 0 Å². The molecule has 4 heterocycles. The molecule has 1 fully saturated rings. The molecule has 0 unspecified atom stereocenters. The van der Waals surface area contributed by atoms with E-state index >= 15 is 0 Å². The van der Waals surface area contributed by atoms with E-state index in [0.717, 1.165) is 55.6 Å². The summed E-state index contributed by atoms with van der Waals surface area (Å²) in [6.45, 7) is 1.24. The molecule has 1 aliphatic heterocycles. The number of rotatable bonds is 6. The number of aromatic nitrogens is 1. The van der Waals surface area contributed by atoms with Gasteiger partial charge in [0.15, 0.2) is 11.5 Å². The first-order valence-electron chi connectivity index (χ1n) is 10.6. The molecule has 2 aliphatic rings. The summed E-state index contributed by atoms with van der Waals surface area (Å²) in [4.78, 5) is 28.1. The van der Waals surface area contributed by atoms with Crippen molar-refractivity contribution in [1.82, 2.24) is 10.5 Å². The number of carbonyl (C=O) groups excluding carboxylic acids is 2. The topological polar surface area (TPSA) is 93.5 Å². The molecule has 2 N–H and O–H groups in total. The van der Waals surface area contributed by atoms with E-state index in [2.05, 4.69) is 15.8 Å². The third-order valence-electron chi connectivity index (χ3n) is 5.65. The molecular formula is C22H23N3O4S2. The van der Waals surface area contributed by atoms with Crippen LogP contribution in [0.4, 0.5) is 5.00 Å². The second kappa shape index (κ2) is 8.94. The van der Waals surface area contributed by atoms with Gasteiger partial charge in [-0.05, 0) is 55.5 Å². The number of hydrogen-bond acceptors (Lipinski definition) is 7. The number of nitrogens with one attached hydrogen (secondary N) is 2. The SMILES string of the molecule is O=C(Nc1sc2c(c1C(=O)NC[C@@H]1CCCO1)CCCC2)c1cc(-c2cccs2)on1. The van der Waals surface area contributed by atoms with Crippen LogP contribution in [-0.4, -0.2) is 36.2 Å². The molecule has 1 saturated heterocycles. The number of anilines is 1. The highest BCUT2D eigenvalue weighted by Gasteiger charge is 2.28. The number of fused-ring (bicyclic) bond motifs is 1. The van der Waals surface area contributed by atoms with Crippen LogP contribution < -0.4 is 10.6 Å². The van der Waals surface area contributed by atoms with Crippen molar-refractivity contribution in [3.8, 4) is 10.6 Å². The zero-order valence-electron chi connectivity index (χ0n) is 16.9. The monoisotopic (exact) mass is 457 g/mol. The molecule has 0 saturated carbocycles. The molecule has 31 heavy (non-hydrogen) atoms. The zero-order chi connectivity index (χ0) is 21.2. The lowest BCUT2D eigenvalue weighted by molar-refractivity contribution is 0.0858. The minimum absolute atomic E-state index is 0.0715. The van der Waals surface area contributed by atoms with Crippen molar-refractivity contribution < 1.29 is 18.8 Å². The van der Waals surface area contributed by atoms with Gasteiger partial charge in [-0.15, -0.1) is 22.7 Å². The zero-order valence-corrected chi connectivity index (χ0v) is 18.6. The van der Waals surface area contributed by atoms with E-state index in [1.807, 2.05) is 17.5 Å². The average molecular weight is 458 g/mol. The van der Waals surface area contributed by atoms with Crippen LogP contribution in [0.25, 0.3) is 10.6 Å². The average Bonchev–Trinajstić information content (AvgIpc) is 3.57. The van der Waals surface area contributed by atoms with Crippen molar-refractivity contribution in [1.29, 1.82) is 0 Å². The number of thiophene rings is 2. The second-order valence-electron chi connectivity index (χ2n) is 7.77. The van der Waals surface area contributed by atoms with Gasteiger partial charge in [0, 0.05) is 24.1 Å². The van der Waals surface area contributed by atoms with E-state index in [4.69, 9.17) is 9.26 Å². The van der Waals surface area contributed by atoms with Crippen molar-refractivity contribution in [3.05, 3.63) is 45.3 Å². The Balaban J connectivity index is 1.36. The van der Waals surface area contributed by atoms with Gasteiger partial charge in [-0.25, -0.2) is 0 Å². The van der Waals surface area contributed by atoms with Gasteiger partial charge in [-0.3, -0.25) is 9.59 Å². The molecule has 1 atom stereocenters. The number of carbonyl (C=O) groups is 2. The Hall–Kier alpha value is -2.49. The van der Waals surface area contributed by atoms with Crippen LogP contribution in [0.2, 0.25) is 0 Å². The molecule has 1 aliphatic carbocycles. The summed E-state index contributed by atoms with van der Waals surface area (Å²) < 4.78 is 11.0. The van der Waals surface area contributed by atoms with Crippen molar-refractivity contribution in [2.75, 3.05) is 18.5 Å². The first kappa shape index (κ1) is 20.4. The molecule has 9 heteroatoms. The fourth-order valence-electron chi connectivity index (χ4n) is 4.08. The van der Waals surface area contributed by atoms with E-state index in [9.17, 15) is 9.59 Å². The fourth-order valence-corrected chi connectivity index (χ4v) is 6.03. The van der Waals surface area contributed by atoms with E-state index in [1.54, 1.807) is 6.07 Å². The quantitative estimate of drug-likeness (QED) is 0.568. The molecular weight excluding hydrogens is 434 g/mol. The van der Waals surface area contributed by atoms with Crippen molar-refractivity contribution in [2.24, 2.45) is 0 Å². The maximum Gasteiger partial charge on any atom is 0.278 e. The van der Waals surface area contributed by atoms with E-state index in [1.165, 1.54) is 27.6 Å². The van der Waals surface area contributed by atoms with E-state index < -0.39 is 0 Å². The van der Waals surface area contributed by atoms with Gasteiger partial charge in [0.25, 0.3) is 11.8 Å². The number of aryl methyl sites for hydroxylation is 1. The van der Waals surface area contributed by atoms with Crippen LogP contribution in [0.5, 0.6) is 0 Å². The molecule has 0 aromatic carbocycles. The first-order valence-corrected chi connectivity index (χ1v) is 12.2. The highest BCUT2D eigenvalue weighted by molar-refractivity contribution is 7.17. The maximum absolute atomic E-state index is 13.1. The lowest BCUT2D eigenvalue weighted by atomic mass is 9.95. The summed E-state index contributed by atoms with van der Waals surface area (Å²) in [5.41, 5.74) is 1.85. The van der Waals surface area contributed by atoms with Crippen molar-refractivity contribution in [3.63, 3.8) is 0 Å². The highest BCUT2D eigenvalue weighted by Crippen LogP contribution is 2.38. The molecule has 7 nitrogen and oxygen atoms in total. The highest BCUT2D eigenvalue weighted by atomic mass is 32.1. The number of amides is 2. The van der Waals surface area contributed by atoms with Crippen LogP contribution in [0, 0.1) is 0 Å². The van der Waals surface area contributed by atoms with Crippen LogP contribution in [0.15, 0.2) is 28.1 Å². The van der Waals surface area contributed by atoms with Gasteiger partial charge in [0.2, 0.25) is 0 Å². The van der Waals surface area contributed by atoms with Gasteiger partial charge < -0.3 is 19.9 Å². The largest absolute Gasteiger partial charge is 0.376 e.